The minimum atomic E-state index is -2.92. The van der Waals surface area contributed by atoms with E-state index in [9.17, 15) is 14.7 Å². The van der Waals surface area contributed by atoms with Gasteiger partial charge in [-0.3, -0.25) is 14.3 Å². The minimum absolute atomic E-state index is 0.0766. The highest BCUT2D eigenvalue weighted by atomic mass is 28.4. The Morgan fingerprint density at radius 2 is 1.45 bits per heavy atom. The number of aryl methyl sites for hydroxylation is 1. The van der Waals surface area contributed by atoms with Crippen LogP contribution in [0.3, 0.4) is 0 Å². The lowest BCUT2D eigenvalue weighted by Gasteiger charge is -2.43. The van der Waals surface area contributed by atoms with Crippen LogP contribution in [0.15, 0.2) is 107 Å². The number of nitrogens with one attached hydrogen (secondary N) is 1. The number of hydrogen-bond donors (Lipinski definition) is 2. The SMILES string of the molecule is Cc1cn([C@@H]2O[C@H](CO[Si](c3ccccc3)(c3ccccc3)C(C)(C)C)[C@@H](O)[C@H]2OCc2ccccc2)c(=O)[nH]c1=O. The van der Waals surface area contributed by atoms with Crippen molar-refractivity contribution in [3.63, 3.8) is 0 Å². The second-order valence-electron chi connectivity index (χ2n) is 11.8. The van der Waals surface area contributed by atoms with Gasteiger partial charge < -0.3 is 19.0 Å². The van der Waals surface area contributed by atoms with Crippen molar-refractivity contribution in [2.75, 3.05) is 6.61 Å². The summed E-state index contributed by atoms with van der Waals surface area (Å²) in [5.41, 5.74) is 0.162. The Kier molecular flexibility index (Phi) is 8.77. The summed E-state index contributed by atoms with van der Waals surface area (Å²) in [5, 5.41) is 13.6. The Bertz CT molecular complexity index is 1540. The predicted molar refractivity (Wildman–Crippen MR) is 165 cm³/mol. The molecule has 2 N–H and O–H groups in total. The van der Waals surface area contributed by atoms with Gasteiger partial charge in [0, 0.05) is 11.8 Å². The normalized spacial score (nSPS) is 21.0. The highest BCUT2D eigenvalue weighted by Gasteiger charge is 2.52. The lowest BCUT2D eigenvalue weighted by molar-refractivity contribution is -0.0793. The largest absolute Gasteiger partial charge is 0.405 e. The molecule has 1 aliphatic heterocycles. The Morgan fingerprint density at radius 1 is 0.905 bits per heavy atom. The van der Waals surface area contributed by atoms with Crippen molar-refractivity contribution < 1.29 is 19.0 Å². The van der Waals surface area contributed by atoms with Crippen LogP contribution in [-0.4, -0.2) is 47.9 Å². The fraction of sp³-hybridized carbons (Fsp3) is 0.333. The van der Waals surface area contributed by atoms with E-state index < -0.39 is 44.1 Å². The van der Waals surface area contributed by atoms with Crippen molar-refractivity contribution in [2.45, 2.75) is 63.9 Å². The molecule has 0 saturated carbocycles. The molecule has 3 aromatic carbocycles. The molecule has 1 aliphatic rings. The van der Waals surface area contributed by atoms with Crippen LogP contribution in [0.4, 0.5) is 0 Å². The highest BCUT2D eigenvalue weighted by molar-refractivity contribution is 6.99. The molecule has 0 aliphatic carbocycles. The van der Waals surface area contributed by atoms with E-state index in [1.807, 2.05) is 66.7 Å². The van der Waals surface area contributed by atoms with Crippen LogP contribution in [0, 0.1) is 6.92 Å². The van der Waals surface area contributed by atoms with Crippen molar-refractivity contribution in [3.8, 4) is 0 Å². The van der Waals surface area contributed by atoms with Gasteiger partial charge in [0.2, 0.25) is 0 Å². The number of aliphatic hydroxyl groups is 1. The zero-order valence-corrected chi connectivity index (χ0v) is 25.4. The topological polar surface area (TPSA) is 103 Å². The molecule has 0 unspecified atom stereocenters. The number of rotatable bonds is 9. The van der Waals surface area contributed by atoms with Crippen LogP contribution in [-0.2, 0) is 20.5 Å². The molecule has 4 atom stereocenters. The van der Waals surface area contributed by atoms with E-state index in [0.717, 1.165) is 15.9 Å². The molecular weight excluding hydrogens is 548 g/mol. The standard InChI is InChI=1S/C33H38N2O6Si/c1-23-20-35(32(38)34-30(23)37)31-29(39-21-24-14-8-5-9-15-24)28(36)27(41-31)22-40-42(33(2,3)4,25-16-10-6-11-17-25)26-18-12-7-13-19-26/h5-20,27-29,31,36H,21-22H2,1-4H3,(H,34,37,38)/t27-,28-,29-,31-/m1/s1. The summed E-state index contributed by atoms with van der Waals surface area (Å²) < 4.78 is 20.9. The van der Waals surface area contributed by atoms with E-state index in [1.165, 1.54) is 10.8 Å². The number of nitrogens with zero attached hydrogens (tertiary/aromatic N) is 1. The summed E-state index contributed by atoms with van der Waals surface area (Å²) in [6.07, 6.45) is -2.31. The molecule has 8 nitrogen and oxygen atoms in total. The van der Waals surface area contributed by atoms with E-state index >= 15 is 0 Å². The lowest BCUT2D eigenvalue weighted by Crippen LogP contribution is -2.67. The van der Waals surface area contributed by atoms with E-state index in [4.69, 9.17) is 13.9 Å². The molecule has 1 saturated heterocycles. The third-order valence-corrected chi connectivity index (χ3v) is 12.9. The second kappa shape index (κ2) is 12.3. The molecule has 1 aromatic heterocycles. The molecule has 0 bridgehead atoms. The van der Waals surface area contributed by atoms with Gasteiger partial charge in [0.1, 0.15) is 18.3 Å². The van der Waals surface area contributed by atoms with Gasteiger partial charge in [-0.05, 0) is 27.9 Å². The van der Waals surface area contributed by atoms with E-state index in [0.29, 0.717) is 5.56 Å². The highest BCUT2D eigenvalue weighted by Crippen LogP contribution is 2.38. The Hall–Kier alpha value is -3.60. The molecule has 2 heterocycles. The van der Waals surface area contributed by atoms with Crippen LogP contribution in [0.1, 0.15) is 38.1 Å². The fourth-order valence-electron chi connectivity index (χ4n) is 5.77. The maximum Gasteiger partial charge on any atom is 0.330 e. The van der Waals surface area contributed by atoms with E-state index in [-0.39, 0.29) is 18.3 Å². The Labute approximate surface area is 246 Å². The van der Waals surface area contributed by atoms with E-state index in [1.54, 1.807) is 6.92 Å². The smallest absolute Gasteiger partial charge is 0.330 e. The molecule has 9 heteroatoms. The first-order chi connectivity index (χ1) is 20.1. The first-order valence-electron chi connectivity index (χ1n) is 14.2. The summed E-state index contributed by atoms with van der Waals surface area (Å²) in [6.45, 7) is 8.45. The summed E-state index contributed by atoms with van der Waals surface area (Å²) >= 11 is 0. The van der Waals surface area contributed by atoms with Crippen molar-refractivity contribution in [1.29, 1.82) is 0 Å². The molecule has 0 amide bonds. The summed E-state index contributed by atoms with van der Waals surface area (Å²) in [4.78, 5) is 27.3. The number of aromatic amines is 1. The van der Waals surface area contributed by atoms with Crippen LogP contribution in [0.25, 0.3) is 0 Å². The first-order valence-corrected chi connectivity index (χ1v) is 16.1. The molecule has 5 rings (SSSR count). The van der Waals surface area contributed by atoms with Gasteiger partial charge in [-0.1, -0.05) is 112 Å². The van der Waals surface area contributed by atoms with Crippen molar-refractivity contribution in [3.05, 3.63) is 129 Å². The summed E-state index contributed by atoms with van der Waals surface area (Å²) in [5.74, 6) is 0. The zero-order chi connectivity index (χ0) is 29.9. The van der Waals surface area contributed by atoms with Crippen LogP contribution < -0.4 is 21.6 Å². The molecule has 0 radical (unpaired) electrons. The van der Waals surface area contributed by atoms with Gasteiger partial charge in [-0.15, -0.1) is 0 Å². The fourth-order valence-corrected chi connectivity index (χ4v) is 10.3. The van der Waals surface area contributed by atoms with E-state index in [2.05, 4.69) is 50.0 Å². The molecule has 0 spiro atoms. The van der Waals surface area contributed by atoms with Crippen molar-refractivity contribution in [1.82, 2.24) is 9.55 Å². The van der Waals surface area contributed by atoms with Crippen LogP contribution in [0.2, 0.25) is 5.04 Å². The molecule has 1 fully saturated rings. The van der Waals surface area contributed by atoms with Crippen LogP contribution in [0.5, 0.6) is 0 Å². The molecule has 220 valence electrons. The number of benzene rings is 3. The van der Waals surface area contributed by atoms with Crippen LogP contribution >= 0.6 is 0 Å². The van der Waals surface area contributed by atoms with Gasteiger partial charge in [0.05, 0.1) is 13.2 Å². The number of ether oxygens (including phenoxy) is 2. The number of hydrogen-bond acceptors (Lipinski definition) is 6. The summed E-state index contributed by atoms with van der Waals surface area (Å²) in [6, 6.07) is 30.1. The van der Waals surface area contributed by atoms with Crippen molar-refractivity contribution >= 4 is 18.7 Å². The minimum Gasteiger partial charge on any atom is -0.405 e. The van der Waals surface area contributed by atoms with Gasteiger partial charge in [0.25, 0.3) is 13.9 Å². The number of aliphatic hydroxyl groups excluding tert-OH is 1. The number of aromatic nitrogens is 2. The molecular formula is C33H38N2O6Si. The summed E-state index contributed by atoms with van der Waals surface area (Å²) in [7, 11) is -2.92. The molecule has 4 aromatic rings. The second-order valence-corrected chi connectivity index (χ2v) is 16.1. The molecule has 42 heavy (non-hydrogen) atoms. The Morgan fingerprint density at radius 3 is 2.00 bits per heavy atom. The van der Waals surface area contributed by atoms with Gasteiger partial charge in [0.15, 0.2) is 6.23 Å². The number of H-pyrrole nitrogens is 1. The van der Waals surface area contributed by atoms with Gasteiger partial charge >= 0.3 is 5.69 Å². The maximum atomic E-state index is 12.9. The maximum absolute atomic E-state index is 12.9. The van der Waals surface area contributed by atoms with Gasteiger partial charge in [-0.2, -0.15) is 0 Å². The van der Waals surface area contributed by atoms with Gasteiger partial charge in [-0.25, -0.2) is 4.79 Å². The van der Waals surface area contributed by atoms with Crippen molar-refractivity contribution in [2.24, 2.45) is 0 Å². The quantitative estimate of drug-likeness (QED) is 0.292. The lowest BCUT2D eigenvalue weighted by atomic mass is 10.1. The third-order valence-electron chi connectivity index (χ3n) is 7.90. The average Bonchev–Trinajstić information content (AvgIpc) is 3.29. The first kappa shape index (κ1) is 29.9. The monoisotopic (exact) mass is 586 g/mol. The average molecular weight is 587 g/mol. The Balaban J connectivity index is 1.50. The third kappa shape index (κ3) is 5.84. The predicted octanol–water partition coefficient (Wildman–Crippen LogP) is 3.27. The zero-order valence-electron chi connectivity index (χ0n) is 24.4.